The third kappa shape index (κ3) is 3.21. The van der Waals surface area contributed by atoms with Gasteiger partial charge in [-0.25, -0.2) is 4.98 Å². The first-order valence-electron chi connectivity index (χ1n) is 10.2. The maximum Gasteiger partial charge on any atom is 0.248 e. The minimum atomic E-state index is -0.420. The Bertz CT molecular complexity index is 1170. The predicted octanol–water partition coefficient (Wildman–Crippen LogP) is 5.58. The van der Waals surface area contributed by atoms with Gasteiger partial charge in [-0.15, -0.1) is 0 Å². The van der Waals surface area contributed by atoms with Crippen LogP contribution in [0.3, 0.4) is 0 Å². The molecule has 5 rings (SSSR count). The van der Waals surface area contributed by atoms with Crippen molar-refractivity contribution in [3.05, 3.63) is 78.4 Å². The molecule has 0 saturated heterocycles. The molecular formula is C25H23N3O. The fourth-order valence-electron chi connectivity index (χ4n) is 4.43. The summed E-state index contributed by atoms with van der Waals surface area (Å²) in [5.74, 6) is 0.546. The zero-order chi connectivity index (χ0) is 19.8. The highest BCUT2D eigenvalue weighted by molar-refractivity contribution is 5.96. The molecule has 0 atom stereocenters. The number of nitrogens with two attached hydrogens (primary N) is 1. The quantitative estimate of drug-likeness (QED) is 0.501. The maximum absolute atomic E-state index is 11.6. The number of primary amides is 1. The third-order valence-corrected chi connectivity index (χ3v) is 5.91. The van der Waals surface area contributed by atoms with Crippen LogP contribution in [0.25, 0.3) is 33.5 Å². The van der Waals surface area contributed by atoms with Crippen LogP contribution in [0.2, 0.25) is 0 Å². The largest absolute Gasteiger partial charge is 0.366 e. The lowest BCUT2D eigenvalue weighted by molar-refractivity contribution is 0.100. The second-order valence-electron chi connectivity index (χ2n) is 7.75. The van der Waals surface area contributed by atoms with Crippen LogP contribution in [0.5, 0.6) is 0 Å². The van der Waals surface area contributed by atoms with Gasteiger partial charge in [-0.2, -0.15) is 0 Å². The summed E-state index contributed by atoms with van der Waals surface area (Å²) in [5.41, 5.74) is 11.4. The molecule has 1 aliphatic carbocycles. The van der Waals surface area contributed by atoms with Gasteiger partial charge < -0.3 is 10.3 Å². The molecule has 1 aliphatic rings. The lowest BCUT2D eigenvalue weighted by Gasteiger charge is -2.17. The van der Waals surface area contributed by atoms with E-state index < -0.39 is 5.91 Å². The summed E-state index contributed by atoms with van der Waals surface area (Å²) >= 11 is 0. The molecule has 1 aromatic heterocycles. The molecule has 0 spiro atoms. The molecule has 0 radical (unpaired) electrons. The second-order valence-corrected chi connectivity index (χ2v) is 7.75. The van der Waals surface area contributed by atoms with Gasteiger partial charge in [0.15, 0.2) is 0 Å². The van der Waals surface area contributed by atoms with Gasteiger partial charge in [0.1, 0.15) is 5.82 Å². The van der Waals surface area contributed by atoms with Gasteiger partial charge in [0.05, 0.1) is 11.0 Å². The summed E-state index contributed by atoms with van der Waals surface area (Å²) in [6, 6.07) is 25.0. The summed E-state index contributed by atoms with van der Waals surface area (Å²) in [6.45, 7) is 0. The van der Waals surface area contributed by atoms with Crippen molar-refractivity contribution in [3.8, 4) is 22.5 Å². The van der Waals surface area contributed by atoms with E-state index in [2.05, 4.69) is 53.1 Å². The molecule has 1 amide bonds. The number of hydrogen-bond donors (Lipinski definition) is 1. The monoisotopic (exact) mass is 381 g/mol. The zero-order valence-corrected chi connectivity index (χ0v) is 16.2. The first kappa shape index (κ1) is 17.7. The van der Waals surface area contributed by atoms with Crippen LogP contribution < -0.4 is 5.73 Å². The van der Waals surface area contributed by atoms with E-state index in [9.17, 15) is 4.79 Å². The predicted molar refractivity (Wildman–Crippen MR) is 117 cm³/mol. The number of aromatic nitrogens is 2. The lowest BCUT2D eigenvalue weighted by atomic mass is 10.0. The minimum Gasteiger partial charge on any atom is -0.366 e. The number of imidazole rings is 1. The summed E-state index contributed by atoms with van der Waals surface area (Å²) in [5, 5.41) is 0. The molecule has 2 N–H and O–H groups in total. The van der Waals surface area contributed by atoms with Gasteiger partial charge in [-0.3, -0.25) is 4.79 Å². The summed E-state index contributed by atoms with van der Waals surface area (Å²) in [4.78, 5) is 16.6. The highest BCUT2D eigenvalue weighted by Gasteiger charge is 2.23. The van der Waals surface area contributed by atoms with Crippen molar-refractivity contribution in [2.45, 2.75) is 31.7 Å². The summed E-state index contributed by atoms with van der Waals surface area (Å²) in [6.07, 6.45) is 4.82. The highest BCUT2D eigenvalue weighted by Crippen LogP contribution is 2.37. The van der Waals surface area contributed by atoms with Crippen LogP contribution >= 0.6 is 0 Å². The van der Waals surface area contributed by atoms with Crippen LogP contribution in [0.4, 0.5) is 0 Å². The summed E-state index contributed by atoms with van der Waals surface area (Å²) < 4.78 is 2.37. The molecule has 4 nitrogen and oxygen atoms in total. The first-order valence-corrected chi connectivity index (χ1v) is 10.2. The van der Waals surface area contributed by atoms with E-state index in [0.717, 1.165) is 35.3 Å². The Morgan fingerprint density at radius 2 is 1.52 bits per heavy atom. The standard InChI is InChI=1S/C25H23N3O/c26-24(29)20-14-15-23-22(16-20)27-25(28(23)21-8-4-5-9-21)19-12-10-18(11-13-19)17-6-2-1-3-7-17/h1-3,6-7,10-16,21H,4-5,8-9H2,(H2,26,29). The molecule has 3 aromatic carbocycles. The van der Waals surface area contributed by atoms with Gasteiger partial charge in [0.2, 0.25) is 5.91 Å². The van der Waals surface area contributed by atoms with E-state index in [1.807, 2.05) is 18.2 Å². The zero-order valence-electron chi connectivity index (χ0n) is 16.2. The molecule has 4 heteroatoms. The number of rotatable bonds is 4. The SMILES string of the molecule is NC(=O)c1ccc2c(c1)nc(-c1ccc(-c3ccccc3)cc1)n2C1CCCC1. The first-order chi connectivity index (χ1) is 14.2. The Balaban J connectivity index is 1.63. The van der Waals surface area contributed by atoms with Gasteiger partial charge in [0.25, 0.3) is 0 Å². The van der Waals surface area contributed by atoms with Gasteiger partial charge in [-0.05, 0) is 42.2 Å². The van der Waals surface area contributed by atoms with Gasteiger partial charge >= 0.3 is 0 Å². The lowest BCUT2D eigenvalue weighted by Crippen LogP contribution is -2.10. The fourth-order valence-corrected chi connectivity index (χ4v) is 4.43. The van der Waals surface area contributed by atoms with Crippen LogP contribution in [-0.2, 0) is 0 Å². The van der Waals surface area contributed by atoms with Crippen molar-refractivity contribution >= 4 is 16.9 Å². The molecule has 29 heavy (non-hydrogen) atoms. The van der Waals surface area contributed by atoms with Crippen molar-refractivity contribution in [1.82, 2.24) is 9.55 Å². The van der Waals surface area contributed by atoms with Crippen LogP contribution in [-0.4, -0.2) is 15.5 Å². The summed E-state index contributed by atoms with van der Waals surface area (Å²) in [7, 11) is 0. The fraction of sp³-hybridized carbons (Fsp3) is 0.200. The minimum absolute atomic E-state index is 0.420. The Kier molecular flexibility index (Phi) is 4.39. The number of fused-ring (bicyclic) bond motifs is 1. The molecule has 1 saturated carbocycles. The number of benzene rings is 3. The van der Waals surface area contributed by atoms with E-state index in [1.165, 1.54) is 24.0 Å². The number of hydrogen-bond acceptors (Lipinski definition) is 2. The van der Waals surface area contributed by atoms with Crippen molar-refractivity contribution in [2.24, 2.45) is 5.73 Å². The van der Waals surface area contributed by atoms with Crippen molar-refractivity contribution < 1.29 is 4.79 Å². The Morgan fingerprint density at radius 1 is 0.862 bits per heavy atom. The smallest absolute Gasteiger partial charge is 0.248 e. The van der Waals surface area contributed by atoms with Crippen molar-refractivity contribution in [1.29, 1.82) is 0 Å². The van der Waals surface area contributed by atoms with Crippen LogP contribution in [0, 0.1) is 0 Å². The molecule has 0 aliphatic heterocycles. The molecule has 144 valence electrons. The normalized spacial score (nSPS) is 14.5. The van der Waals surface area contributed by atoms with E-state index in [1.54, 1.807) is 6.07 Å². The topological polar surface area (TPSA) is 60.9 Å². The van der Waals surface area contributed by atoms with Gasteiger partial charge in [-0.1, -0.05) is 67.4 Å². The Morgan fingerprint density at radius 3 is 2.21 bits per heavy atom. The molecular weight excluding hydrogens is 358 g/mol. The number of nitrogens with zero attached hydrogens (tertiary/aromatic N) is 2. The molecule has 0 unspecified atom stereocenters. The van der Waals surface area contributed by atoms with Crippen LogP contribution in [0.15, 0.2) is 72.8 Å². The van der Waals surface area contributed by atoms with Crippen molar-refractivity contribution in [3.63, 3.8) is 0 Å². The average molecular weight is 381 g/mol. The van der Waals surface area contributed by atoms with E-state index in [-0.39, 0.29) is 0 Å². The average Bonchev–Trinajstić information content (AvgIpc) is 3.41. The third-order valence-electron chi connectivity index (χ3n) is 5.91. The molecule has 4 aromatic rings. The van der Waals surface area contributed by atoms with Crippen LogP contribution in [0.1, 0.15) is 42.1 Å². The number of carbonyl (C=O) groups excluding carboxylic acids is 1. The Labute approximate surface area is 170 Å². The van der Waals surface area contributed by atoms with E-state index >= 15 is 0 Å². The van der Waals surface area contributed by atoms with Gasteiger partial charge in [0, 0.05) is 17.2 Å². The number of amides is 1. The van der Waals surface area contributed by atoms with E-state index in [0.29, 0.717) is 11.6 Å². The molecule has 1 heterocycles. The van der Waals surface area contributed by atoms with E-state index in [4.69, 9.17) is 10.7 Å². The maximum atomic E-state index is 11.6. The molecule has 0 bridgehead atoms. The Hall–Kier alpha value is -3.40. The second kappa shape index (κ2) is 7.21. The number of carbonyl (C=O) groups is 1. The van der Waals surface area contributed by atoms with Crippen molar-refractivity contribution in [2.75, 3.05) is 0 Å². The molecule has 1 fully saturated rings. The highest BCUT2D eigenvalue weighted by atomic mass is 16.1.